The van der Waals surface area contributed by atoms with Gasteiger partial charge in [-0.3, -0.25) is 0 Å². The molecule has 2 nitrogen and oxygen atoms in total. The summed E-state index contributed by atoms with van der Waals surface area (Å²) in [7, 11) is 0. The lowest BCUT2D eigenvalue weighted by Gasteiger charge is -2.27. The Morgan fingerprint density at radius 1 is 0.465 bits per heavy atom. The molecule has 6 aromatic rings. The minimum atomic E-state index is 1.08. The highest BCUT2D eigenvalue weighted by atomic mass is 79.9. The third-order valence-electron chi connectivity index (χ3n) is 7.98. The van der Waals surface area contributed by atoms with Gasteiger partial charge in [-0.25, -0.2) is 0 Å². The lowest BCUT2D eigenvalue weighted by molar-refractivity contribution is 0.673. The number of fused-ring (bicyclic) bond motifs is 1. The minimum absolute atomic E-state index is 1.08. The number of hydrogen-bond acceptors (Lipinski definition) is 2. The molecule has 0 saturated heterocycles. The summed E-state index contributed by atoms with van der Waals surface area (Å²) in [5.41, 5.74) is 9.50. The van der Waals surface area contributed by atoms with Gasteiger partial charge in [0, 0.05) is 33.5 Å². The highest BCUT2D eigenvalue weighted by molar-refractivity contribution is 9.09. The van der Waals surface area contributed by atoms with Crippen LogP contribution in [0.15, 0.2) is 146 Å². The molecule has 6 aromatic carbocycles. The van der Waals surface area contributed by atoms with Crippen molar-refractivity contribution >= 4 is 55.1 Å². The zero-order valence-electron chi connectivity index (χ0n) is 24.4. The van der Waals surface area contributed by atoms with Gasteiger partial charge in [0.15, 0.2) is 0 Å². The summed E-state index contributed by atoms with van der Waals surface area (Å²) < 4.78 is 0. The number of alkyl halides is 1. The van der Waals surface area contributed by atoms with E-state index in [0.29, 0.717) is 0 Å². The number of anilines is 5. The van der Waals surface area contributed by atoms with E-state index in [1.807, 2.05) is 18.2 Å². The highest BCUT2D eigenvalue weighted by Gasteiger charge is 2.16. The Labute approximate surface area is 264 Å². The fraction of sp³-hybridized carbons (Fsp3) is 0.150. The lowest BCUT2D eigenvalue weighted by Crippen LogP contribution is -2.10. The van der Waals surface area contributed by atoms with Gasteiger partial charge in [0.2, 0.25) is 0 Å². The molecule has 0 fully saturated rings. The number of nitrogens with zero attached hydrogens (tertiary/aromatic N) is 1. The van der Waals surface area contributed by atoms with Crippen LogP contribution in [-0.4, -0.2) is 5.33 Å². The van der Waals surface area contributed by atoms with Gasteiger partial charge in [0.25, 0.3) is 0 Å². The molecule has 0 heterocycles. The van der Waals surface area contributed by atoms with Gasteiger partial charge in [-0.05, 0) is 95.9 Å². The molecule has 0 aliphatic carbocycles. The molecule has 0 unspecified atom stereocenters. The molecule has 0 saturated carbocycles. The zero-order chi connectivity index (χ0) is 29.3. The van der Waals surface area contributed by atoms with Crippen molar-refractivity contribution in [1.29, 1.82) is 0 Å². The van der Waals surface area contributed by atoms with Crippen LogP contribution in [0.3, 0.4) is 0 Å². The predicted molar refractivity (Wildman–Crippen MR) is 190 cm³/mol. The normalized spacial score (nSPS) is 11.0. The van der Waals surface area contributed by atoms with Crippen molar-refractivity contribution in [2.24, 2.45) is 0 Å². The molecule has 0 aliphatic rings. The molecule has 0 aliphatic heterocycles. The van der Waals surface area contributed by atoms with Crippen LogP contribution in [0.25, 0.3) is 21.9 Å². The van der Waals surface area contributed by atoms with Gasteiger partial charge in [-0.2, -0.15) is 0 Å². The summed E-state index contributed by atoms with van der Waals surface area (Å²) in [4.78, 5) is 2.39. The molecule has 1 N–H and O–H groups in total. The van der Waals surface area contributed by atoms with Crippen LogP contribution >= 0.6 is 15.9 Å². The first-order valence-electron chi connectivity index (χ1n) is 15.2. The number of benzene rings is 6. The molecule has 43 heavy (non-hydrogen) atoms. The average molecular weight is 626 g/mol. The van der Waals surface area contributed by atoms with Crippen molar-refractivity contribution in [3.05, 3.63) is 151 Å². The summed E-state index contributed by atoms with van der Waals surface area (Å²) in [5, 5.41) is 7.21. The van der Waals surface area contributed by atoms with Crippen LogP contribution in [0.2, 0.25) is 0 Å². The Balaban J connectivity index is 1.29. The van der Waals surface area contributed by atoms with Crippen molar-refractivity contribution in [3.63, 3.8) is 0 Å². The van der Waals surface area contributed by atoms with Crippen LogP contribution < -0.4 is 10.2 Å². The molecular weight excluding hydrogens is 588 g/mol. The molecule has 3 heteroatoms. The van der Waals surface area contributed by atoms with Crippen molar-refractivity contribution < 1.29 is 0 Å². The second-order valence-corrected chi connectivity index (χ2v) is 11.7. The van der Waals surface area contributed by atoms with Crippen molar-refractivity contribution in [2.45, 2.75) is 32.1 Å². The zero-order valence-corrected chi connectivity index (χ0v) is 26.0. The van der Waals surface area contributed by atoms with E-state index in [4.69, 9.17) is 0 Å². The Bertz CT molecular complexity index is 1730. The first kappa shape index (κ1) is 28.8. The molecular formula is C40H37BrN2. The van der Waals surface area contributed by atoms with Gasteiger partial charge >= 0.3 is 0 Å². The third-order valence-corrected chi connectivity index (χ3v) is 8.54. The van der Waals surface area contributed by atoms with Crippen LogP contribution in [0.1, 0.15) is 31.2 Å². The first-order valence-corrected chi connectivity index (χ1v) is 16.4. The molecule has 214 valence electrons. The van der Waals surface area contributed by atoms with Gasteiger partial charge < -0.3 is 10.2 Å². The Morgan fingerprint density at radius 2 is 1.02 bits per heavy atom. The van der Waals surface area contributed by atoms with E-state index >= 15 is 0 Å². The SMILES string of the molecule is BrCCCCCCc1ccc(N(c2ccccc2)c2ccc(-c3ccc(Nc4ccccc4)cc3)cc2)c2ccccc12. The number of halogens is 1. The van der Waals surface area contributed by atoms with Crippen molar-refractivity contribution in [3.8, 4) is 11.1 Å². The van der Waals surface area contributed by atoms with Crippen molar-refractivity contribution in [2.75, 3.05) is 15.5 Å². The molecule has 0 amide bonds. The van der Waals surface area contributed by atoms with Gasteiger partial charge in [0.1, 0.15) is 0 Å². The van der Waals surface area contributed by atoms with Gasteiger partial charge in [-0.15, -0.1) is 0 Å². The van der Waals surface area contributed by atoms with Gasteiger partial charge in [0.05, 0.1) is 5.69 Å². The van der Waals surface area contributed by atoms with Crippen LogP contribution in [-0.2, 0) is 6.42 Å². The Morgan fingerprint density at radius 3 is 1.72 bits per heavy atom. The summed E-state index contributed by atoms with van der Waals surface area (Å²) in [6.07, 6.45) is 6.15. The summed E-state index contributed by atoms with van der Waals surface area (Å²) in [6, 6.07) is 52.1. The van der Waals surface area contributed by atoms with E-state index < -0.39 is 0 Å². The molecule has 0 aromatic heterocycles. The van der Waals surface area contributed by atoms with Crippen molar-refractivity contribution in [1.82, 2.24) is 0 Å². The highest BCUT2D eigenvalue weighted by Crippen LogP contribution is 2.40. The third kappa shape index (κ3) is 7.01. The van der Waals surface area contributed by atoms with Crippen LogP contribution in [0.5, 0.6) is 0 Å². The lowest BCUT2D eigenvalue weighted by atomic mass is 9.97. The summed E-state index contributed by atoms with van der Waals surface area (Å²) >= 11 is 3.56. The van der Waals surface area contributed by atoms with Gasteiger partial charge in [-0.1, -0.05) is 120 Å². The van der Waals surface area contributed by atoms with E-state index in [2.05, 4.69) is 154 Å². The van der Waals surface area contributed by atoms with E-state index in [1.54, 1.807) is 0 Å². The second-order valence-electron chi connectivity index (χ2n) is 10.9. The minimum Gasteiger partial charge on any atom is -0.356 e. The quantitative estimate of drug-likeness (QED) is 0.108. The molecule has 0 radical (unpaired) electrons. The summed E-state index contributed by atoms with van der Waals surface area (Å²) in [6.45, 7) is 0. The number of para-hydroxylation sites is 2. The first-order chi connectivity index (χ1) is 21.3. The maximum absolute atomic E-state index is 3.56. The smallest absolute Gasteiger partial charge is 0.0540 e. The topological polar surface area (TPSA) is 15.3 Å². The number of hydrogen-bond donors (Lipinski definition) is 1. The van der Waals surface area contributed by atoms with Crippen LogP contribution in [0.4, 0.5) is 28.4 Å². The molecule has 6 rings (SSSR count). The average Bonchev–Trinajstić information content (AvgIpc) is 3.07. The van der Waals surface area contributed by atoms with E-state index in [0.717, 1.165) is 34.5 Å². The molecule has 0 bridgehead atoms. The molecule has 0 atom stereocenters. The maximum Gasteiger partial charge on any atom is 0.0540 e. The Hall–Kier alpha value is -4.34. The summed E-state index contributed by atoms with van der Waals surface area (Å²) in [5.74, 6) is 0. The Kier molecular flexibility index (Phi) is 9.51. The fourth-order valence-corrected chi connectivity index (χ4v) is 6.16. The second kappa shape index (κ2) is 14.2. The van der Waals surface area contributed by atoms with E-state index in [-0.39, 0.29) is 0 Å². The molecule has 0 spiro atoms. The van der Waals surface area contributed by atoms with Crippen LogP contribution in [0, 0.1) is 0 Å². The maximum atomic E-state index is 3.56. The standard InChI is InChI=1S/C40H37BrN2/c41-30-12-2-1-5-13-33-24-29-40(39-19-11-10-18-38(33)39)43(36-16-8-4-9-17-36)37-27-22-32(23-28-37)31-20-25-35(26-21-31)42-34-14-6-3-7-15-34/h3-4,6-11,14-29,42H,1-2,5,12-13,30H2. The van der Waals surface area contributed by atoms with E-state index in [9.17, 15) is 0 Å². The fourth-order valence-electron chi connectivity index (χ4n) is 5.76. The van der Waals surface area contributed by atoms with E-state index in [1.165, 1.54) is 58.8 Å². The number of nitrogens with one attached hydrogen (secondary N) is 1. The number of unbranched alkanes of at least 4 members (excludes halogenated alkanes) is 3. The monoisotopic (exact) mass is 624 g/mol. The largest absolute Gasteiger partial charge is 0.356 e. The predicted octanol–water partition coefficient (Wildman–Crippen LogP) is 12.2. The number of aryl methyl sites for hydroxylation is 1. The number of rotatable bonds is 12.